The van der Waals surface area contributed by atoms with Gasteiger partial charge in [-0.1, -0.05) is 18.2 Å². The Hall–Kier alpha value is -2.45. The van der Waals surface area contributed by atoms with E-state index in [0.29, 0.717) is 30.4 Å². The van der Waals surface area contributed by atoms with E-state index in [1.54, 1.807) is 17.7 Å². The Morgan fingerprint density at radius 2 is 2.10 bits per heavy atom. The first-order valence-electron chi connectivity index (χ1n) is 6.29. The maximum atomic E-state index is 9.15. The summed E-state index contributed by atoms with van der Waals surface area (Å²) in [4.78, 5) is 0. The minimum absolute atomic E-state index is 0.445. The lowest BCUT2D eigenvalue weighted by molar-refractivity contribution is 0.184. The van der Waals surface area contributed by atoms with Gasteiger partial charge in [-0.3, -0.25) is 4.57 Å². The summed E-state index contributed by atoms with van der Waals surface area (Å²) >= 11 is 0. The van der Waals surface area contributed by atoms with Crippen molar-refractivity contribution in [3.63, 3.8) is 0 Å². The van der Waals surface area contributed by atoms with Crippen molar-refractivity contribution < 1.29 is 9.47 Å². The number of hydrogen-bond acceptors (Lipinski definition) is 4. The highest BCUT2D eigenvalue weighted by molar-refractivity contribution is 5.56. The van der Waals surface area contributed by atoms with Crippen LogP contribution in [0.5, 0.6) is 11.6 Å². The Labute approximate surface area is 118 Å². The van der Waals surface area contributed by atoms with Crippen LogP contribution in [0.3, 0.4) is 0 Å². The minimum atomic E-state index is 0.445. The molecule has 0 unspecified atom stereocenters. The summed E-state index contributed by atoms with van der Waals surface area (Å²) in [5, 5.41) is 9.15. The van der Waals surface area contributed by atoms with Crippen LogP contribution in [0.2, 0.25) is 0 Å². The van der Waals surface area contributed by atoms with E-state index in [1.165, 1.54) is 0 Å². The van der Waals surface area contributed by atoms with E-state index >= 15 is 0 Å². The second-order valence-corrected chi connectivity index (χ2v) is 4.41. The molecule has 0 amide bonds. The van der Waals surface area contributed by atoms with Crippen LogP contribution < -0.4 is 10.5 Å². The molecule has 0 aliphatic carbocycles. The highest BCUT2D eigenvalue weighted by Gasteiger charge is 2.15. The van der Waals surface area contributed by atoms with Crippen molar-refractivity contribution in [2.45, 2.75) is 13.5 Å². The Kier molecular flexibility index (Phi) is 4.28. The summed E-state index contributed by atoms with van der Waals surface area (Å²) < 4.78 is 12.7. The maximum Gasteiger partial charge on any atom is 0.224 e. The first-order valence-corrected chi connectivity index (χ1v) is 6.29. The molecule has 0 saturated carbocycles. The van der Waals surface area contributed by atoms with Crippen molar-refractivity contribution in [2.24, 2.45) is 0 Å². The quantitative estimate of drug-likeness (QED) is 0.907. The minimum Gasteiger partial charge on any atom is -0.438 e. The van der Waals surface area contributed by atoms with Crippen LogP contribution in [-0.4, -0.2) is 18.3 Å². The Morgan fingerprint density at radius 3 is 2.75 bits per heavy atom. The predicted molar refractivity (Wildman–Crippen MR) is 76.7 cm³/mol. The van der Waals surface area contributed by atoms with Gasteiger partial charge in [-0.15, -0.1) is 0 Å². The Bertz CT molecular complexity index is 641. The van der Waals surface area contributed by atoms with Gasteiger partial charge in [0, 0.05) is 13.2 Å². The highest BCUT2D eigenvalue weighted by Crippen LogP contribution is 2.32. The summed E-state index contributed by atoms with van der Waals surface area (Å²) in [5.74, 6) is 1.20. The molecular formula is C15H17N3O2. The normalized spacial score (nSPS) is 10.2. The third-order valence-corrected chi connectivity index (χ3v) is 3.01. The van der Waals surface area contributed by atoms with Gasteiger partial charge >= 0.3 is 0 Å². The van der Waals surface area contributed by atoms with Crippen molar-refractivity contribution in [2.75, 3.05) is 19.5 Å². The molecule has 0 spiro atoms. The topological polar surface area (TPSA) is 73.2 Å². The lowest BCUT2D eigenvalue weighted by Gasteiger charge is -2.13. The van der Waals surface area contributed by atoms with E-state index in [-0.39, 0.29) is 0 Å². The molecule has 104 valence electrons. The molecule has 1 aromatic heterocycles. The number of aryl methyl sites for hydroxylation is 1. The van der Waals surface area contributed by atoms with Gasteiger partial charge in [-0.2, -0.15) is 5.26 Å². The molecular weight excluding hydrogens is 254 g/mol. The number of hydrogen-bond donors (Lipinski definition) is 1. The molecule has 2 aromatic rings. The molecule has 0 aliphatic rings. The third-order valence-electron chi connectivity index (χ3n) is 3.01. The Morgan fingerprint density at radius 1 is 1.35 bits per heavy atom. The lowest BCUT2D eigenvalue weighted by Crippen LogP contribution is -2.08. The van der Waals surface area contributed by atoms with Crippen LogP contribution in [0.4, 0.5) is 5.69 Å². The van der Waals surface area contributed by atoms with Gasteiger partial charge in [0.05, 0.1) is 18.8 Å². The van der Waals surface area contributed by atoms with Crippen LogP contribution >= 0.6 is 0 Å². The number of para-hydroxylation sites is 1. The van der Waals surface area contributed by atoms with Crippen LogP contribution in [0.1, 0.15) is 11.3 Å². The van der Waals surface area contributed by atoms with E-state index in [1.807, 2.05) is 31.2 Å². The average molecular weight is 271 g/mol. The number of aromatic nitrogens is 1. The fraction of sp³-hybridized carbons (Fsp3) is 0.267. The van der Waals surface area contributed by atoms with Crippen molar-refractivity contribution >= 4 is 5.69 Å². The number of anilines is 1. The first-order chi connectivity index (χ1) is 9.67. The summed E-state index contributed by atoms with van der Waals surface area (Å²) in [6, 6.07) is 11.4. The summed E-state index contributed by atoms with van der Waals surface area (Å²) in [6.07, 6.45) is 0. The summed E-state index contributed by atoms with van der Waals surface area (Å²) in [6.45, 7) is 2.95. The van der Waals surface area contributed by atoms with Gasteiger partial charge in [0.15, 0.2) is 0 Å². The molecule has 0 saturated heterocycles. The van der Waals surface area contributed by atoms with Gasteiger partial charge in [-0.25, -0.2) is 0 Å². The molecule has 20 heavy (non-hydrogen) atoms. The molecule has 0 fully saturated rings. The molecule has 0 aliphatic heterocycles. The van der Waals surface area contributed by atoms with Gasteiger partial charge in [0.2, 0.25) is 5.88 Å². The fourth-order valence-electron chi connectivity index (χ4n) is 1.94. The molecule has 5 heteroatoms. The van der Waals surface area contributed by atoms with E-state index in [0.717, 1.165) is 11.3 Å². The monoisotopic (exact) mass is 271 g/mol. The highest BCUT2D eigenvalue weighted by atomic mass is 16.5. The molecule has 0 radical (unpaired) electrons. The van der Waals surface area contributed by atoms with E-state index in [4.69, 9.17) is 20.5 Å². The maximum absolute atomic E-state index is 9.15. The van der Waals surface area contributed by atoms with E-state index < -0.39 is 0 Å². The smallest absolute Gasteiger partial charge is 0.224 e. The zero-order valence-corrected chi connectivity index (χ0v) is 11.6. The van der Waals surface area contributed by atoms with E-state index in [2.05, 4.69) is 6.07 Å². The number of nitrogen functional groups attached to an aromatic ring is 1. The van der Waals surface area contributed by atoms with Gasteiger partial charge in [0.25, 0.3) is 0 Å². The number of benzene rings is 1. The van der Waals surface area contributed by atoms with Crippen LogP contribution in [0.25, 0.3) is 0 Å². The molecule has 0 atom stereocenters. The molecule has 1 heterocycles. The predicted octanol–water partition coefficient (Wildman–Crippen LogP) is 2.69. The van der Waals surface area contributed by atoms with Crippen LogP contribution in [-0.2, 0) is 11.3 Å². The molecule has 2 N–H and O–H groups in total. The van der Waals surface area contributed by atoms with Crippen LogP contribution in [0.15, 0.2) is 30.3 Å². The van der Waals surface area contributed by atoms with Gasteiger partial charge < -0.3 is 15.2 Å². The van der Waals surface area contributed by atoms with Crippen molar-refractivity contribution in [1.29, 1.82) is 5.26 Å². The van der Waals surface area contributed by atoms with Crippen molar-refractivity contribution in [3.05, 3.63) is 41.6 Å². The second kappa shape index (κ2) is 6.13. The average Bonchev–Trinajstić information content (AvgIpc) is 2.75. The van der Waals surface area contributed by atoms with Crippen molar-refractivity contribution in [3.8, 4) is 17.7 Å². The van der Waals surface area contributed by atoms with Crippen LogP contribution in [0, 0.1) is 18.3 Å². The van der Waals surface area contributed by atoms with Crippen molar-refractivity contribution in [1.82, 2.24) is 4.57 Å². The lowest BCUT2D eigenvalue weighted by atomic mass is 10.2. The SMILES string of the molecule is COCCn1c(C#N)cc(N)c1Oc1ccccc1C. The molecule has 5 nitrogen and oxygen atoms in total. The number of rotatable bonds is 5. The van der Waals surface area contributed by atoms with Gasteiger partial charge in [0.1, 0.15) is 17.5 Å². The molecule has 1 aromatic carbocycles. The van der Waals surface area contributed by atoms with Gasteiger partial charge in [-0.05, 0) is 18.6 Å². The number of nitrogens with zero attached hydrogens (tertiary/aromatic N) is 2. The standard InChI is InChI=1S/C15H17N3O2/c1-11-5-3-4-6-14(11)20-15-13(17)9-12(10-16)18(15)7-8-19-2/h3-6,9H,7-8,17H2,1-2H3. The second-order valence-electron chi connectivity index (χ2n) is 4.41. The first kappa shape index (κ1) is 14.0. The third kappa shape index (κ3) is 2.76. The summed E-state index contributed by atoms with van der Waals surface area (Å²) in [7, 11) is 1.61. The fourth-order valence-corrected chi connectivity index (χ4v) is 1.94. The number of methoxy groups -OCH3 is 1. The largest absolute Gasteiger partial charge is 0.438 e. The number of nitrogens with two attached hydrogens (primary N) is 1. The number of nitriles is 1. The molecule has 2 rings (SSSR count). The Balaban J connectivity index is 2.38. The number of ether oxygens (including phenoxy) is 2. The zero-order valence-electron chi connectivity index (χ0n) is 11.6. The summed E-state index contributed by atoms with van der Waals surface area (Å²) in [5.41, 5.74) is 7.86. The van der Waals surface area contributed by atoms with E-state index in [9.17, 15) is 0 Å². The molecule has 0 bridgehead atoms. The zero-order chi connectivity index (χ0) is 14.5.